The van der Waals surface area contributed by atoms with Gasteiger partial charge in [-0.15, -0.1) is 0 Å². The van der Waals surface area contributed by atoms with Crippen molar-refractivity contribution in [1.82, 2.24) is 4.57 Å². The van der Waals surface area contributed by atoms with Crippen molar-refractivity contribution in [3.63, 3.8) is 0 Å². The van der Waals surface area contributed by atoms with Crippen molar-refractivity contribution >= 4 is 27.7 Å². The number of hydrogen-bond donors (Lipinski definition) is 1. The molecular weight excluding hydrogens is 387 g/mol. The Hall–Kier alpha value is -3.92. The summed E-state index contributed by atoms with van der Waals surface area (Å²) in [5, 5.41) is 1.22. The van der Waals surface area contributed by atoms with Crippen molar-refractivity contribution in [2.75, 3.05) is 0 Å². The summed E-state index contributed by atoms with van der Waals surface area (Å²) in [6.45, 7) is 0.588. The number of aromatic nitrogens is 1. The lowest BCUT2D eigenvalue weighted by molar-refractivity contribution is 0.100. The first-order valence-corrected chi connectivity index (χ1v) is 10.1. The lowest BCUT2D eigenvalue weighted by Gasteiger charge is -2.13. The molecule has 1 heterocycles. The first-order chi connectivity index (χ1) is 15.1. The number of rotatable bonds is 5. The molecule has 0 spiro atoms. The lowest BCUT2D eigenvalue weighted by Crippen LogP contribution is -2.11. The number of carbonyl (C=O) groups excluding carboxylic acids is 1. The Kier molecular flexibility index (Phi) is 4.75. The molecule has 2 N–H and O–H groups in total. The number of halogens is 1. The molecule has 1 radical (unpaired) electrons. The molecule has 31 heavy (non-hydrogen) atoms. The van der Waals surface area contributed by atoms with E-state index in [0.717, 1.165) is 17.5 Å². The summed E-state index contributed by atoms with van der Waals surface area (Å²) in [5.41, 5.74) is 11.3. The van der Waals surface area contributed by atoms with Crippen LogP contribution in [0.4, 0.5) is 4.39 Å². The summed E-state index contributed by atoms with van der Waals surface area (Å²) in [5.74, 6) is -0.998. The Morgan fingerprint density at radius 2 is 1.58 bits per heavy atom. The van der Waals surface area contributed by atoms with Gasteiger partial charge in [-0.2, -0.15) is 0 Å². The third kappa shape index (κ3) is 3.46. The fourth-order valence-corrected chi connectivity index (χ4v) is 4.28. The van der Waals surface area contributed by atoms with Gasteiger partial charge in [-0.25, -0.2) is 4.39 Å². The van der Waals surface area contributed by atoms with Crippen LogP contribution in [0.1, 0.15) is 27.0 Å². The first kappa shape index (κ1) is 19.1. The maximum Gasteiger partial charge on any atom is 0.249 e. The number of hydrogen-bond acceptors (Lipinski definition) is 1. The predicted octanol–water partition coefficient (Wildman–Crippen LogP) is 5.47. The summed E-state index contributed by atoms with van der Waals surface area (Å²) in [4.78, 5) is 12.1. The van der Waals surface area contributed by atoms with Gasteiger partial charge >= 0.3 is 0 Å². The molecule has 0 unspecified atom stereocenters. The summed E-state index contributed by atoms with van der Waals surface area (Å²) < 4.78 is 16.2. The van der Waals surface area contributed by atoms with Crippen molar-refractivity contribution in [3.8, 4) is 0 Å². The van der Waals surface area contributed by atoms with Crippen LogP contribution in [0.2, 0.25) is 0 Å². The van der Waals surface area contributed by atoms with E-state index in [1.165, 1.54) is 22.8 Å². The van der Waals surface area contributed by atoms with E-state index in [-0.39, 0.29) is 0 Å². The number of primary amides is 1. The van der Waals surface area contributed by atoms with Gasteiger partial charge in [0, 0.05) is 28.9 Å². The van der Waals surface area contributed by atoms with Gasteiger partial charge in [0.05, 0.1) is 11.0 Å². The zero-order chi connectivity index (χ0) is 21.4. The van der Waals surface area contributed by atoms with Crippen molar-refractivity contribution in [3.05, 3.63) is 119 Å². The van der Waals surface area contributed by atoms with E-state index in [9.17, 15) is 9.18 Å². The molecule has 3 nitrogen and oxygen atoms in total. The zero-order valence-electron chi connectivity index (χ0n) is 16.8. The number of carbonyl (C=O) groups is 1. The maximum atomic E-state index is 14.1. The van der Waals surface area contributed by atoms with Crippen LogP contribution in [0.3, 0.4) is 0 Å². The summed E-state index contributed by atoms with van der Waals surface area (Å²) >= 11 is 0. The largest absolute Gasteiger partial charge is 0.366 e. The maximum absolute atomic E-state index is 14.1. The molecule has 0 aliphatic rings. The molecule has 0 fully saturated rings. The van der Waals surface area contributed by atoms with E-state index < -0.39 is 11.7 Å². The third-order valence-corrected chi connectivity index (χ3v) is 5.71. The van der Waals surface area contributed by atoms with Crippen LogP contribution in [0.5, 0.6) is 0 Å². The van der Waals surface area contributed by atoms with Gasteiger partial charge in [-0.05, 0) is 47.4 Å². The molecule has 4 aromatic carbocycles. The van der Waals surface area contributed by atoms with Crippen LogP contribution in [0.25, 0.3) is 21.8 Å². The topological polar surface area (TPSA) is 48.0 Å². The molecule has 0 bridgehead atoms. The molecule has 1 amide bonds. The zero-order valence-corrected chi connectivity index (χ0v) is 16.8. The van der Waals surface area contributed by atoms with Gasteiger partial charge < -0.3 is 10.3 Å². The highest BCUT2D eigenvalue weighted by Gasteiger charge is 2.18. The van der Waals surface area contributed by atoms with Crippen molar-refractivity contribution in [2.45, 2.75) is 13.0 Å². The molecule has 0 saturated carbocycles. The van der Waals surface area contributed by atoms with Crippen LogP contribution in [0.15, 0.2) is 84.9 Å². The molecular formula is C27H20FN2O. The molecule has 0 saturated heterocycles. The van der Waals surface area contributed by atoms with Crippen LogP contribution in [-0.4, -0.2) is 10.5 Å². The summed E-state index contributed by atoms with van der Waals surface area (Å²) in [6.07, 6.45) is 0.821. The Morgan fingerprint density at radius 3 is 2.35 bits per heavy atom. The van der Waals surface area contributed by atoms with Crippen molar-refractivity contribution in [2.24, 2.45) is 5.73 Å². The fraction of sp³-hybridized carbons (Fsp3) is 0.0741. The first-order valence-electron chi connectivity index (χ1n) is 10.1. The smallest absolute Gasteiger partial charge is 0.249 e. The minimum atomic E-state index is -0.535. The van der Waals surface area contributed by atoms with Gasteiger partial charge in [0.2, 0.25) is 5.91 Å². The molecule has 4 heteroatoms. The van der Waals surface area contributed by atoms with Gasteiger partial charge in [0.1, 0.15) is 5.82 Å². The second-order valence-electron chi connectivity index (χ2n) is 7.65. The van der Waals surface area contributed by atoms with Crippen LogP contribution in [0, 0.1) is 11.9 Å². The van der Waals surface area contributed by atoms with E-state index in [4.69, 9.17) is 5.73 Å². The molecule has 0 aliphatic carbocycles. The number of nitrogens with two attached hydrogens (primary N) is 1. The van der Waals surface area contributed by atoms with E-state index in [1.807, 2.05) is 42.5 Å². The van der Waals surface area contributed by atoms with E-state index in [0.29, 0.717) is 22.9 Å². The van der Waals surface area contributed by atoms with Gasteiger partial charge in [0.25, 0.3) is 0 Å². The standard InChI is InChI=1S/C27H20FN2O/c28-21-13-14-24-23(16-21)26-22(27(29)31)11-6-12-25(26)30(24)17-20-10-5-4-9-19(20)15-18-7-2-1-3-8-18/h1-14H,15,17H2,(H2,29,31). The normalized spacial score (nSPS) is 11.3. The minimum Gasteiger partial charge on any atom is -0.366 e. The highest BCUT2D eigenvalue weighted by atomic mass is 19.1. The highest BCUT2D eigenvalue weighted by Crippen LogP contribution is 2.33. The molecule has 5 rings (SSSR count). The van der Waals surface area contributed by atoms with Crippen molar-refractivity contribution < 1.29 is 9.18 Å². The van der Waals surface area contributed by atoms with E-state index >= 15 is 0 Å². The third-order valence-electron chi connectivity index (χ3n) is 5.71. The molecule has 0 atom stereocenters. The summed E-state index contributed by atoms with van der Waals surface area (Å²) in [7, 11) is 0. The van der Waals surface area contributed by atoms with Crippen LogP contribution in [-0.2, 0) is 13.0 Å². The van der Waals surface area contributed by atoms with Crippen molar-refractivity contribution in [1.29, 1.82) is 0 Å². The Labute approximate surface area is 179 Å². The van der Waals surface area contributed by atoms with E-state index in [2.05, 4.69) is 34.9 Å². The Morgan fingerprint density at radius 1 is 0.839 bits per heavy atom. The average molecular weight is 407 g/mol. The van der Waals surface area contributed by atoms with Crippen LogP contribution < -0.4 is 5.73 Å². The second kappa shape index (κ2) is 7.73. The molecule has 151 valence electrons. The number of amides is 1. The summed E-state index contributed by atoms with van der Waals surface area (Å²) in [6, 6.07) is 30.0. The number of nitrogens with zero attached hydrogens (tertiary/aromatic N) is 1. The number of fused-ring (bicyclic) bond motifs is 3. The predicted molar refractivity (Wildman–Crippen MR) is 122 cm³/mol. The monoisotopic (exact) mass is 407 g/mol. The minimum absolute atomic E-state index is 0.376. The Bertz CT molecular complexity index is 1420. The average Bonchev–Trinajstić information content (AvgIpc) is 3.08. The lowest BCUT2D eigenvalue weighted by atomic mass is 9.99. The number of benzene rings is 4. The molecule has 1 aromatic heterocycles. The Balaban J connectivity index is 1.69. The molecule has 0 aliphatic heterocycles. The highest BCUT2D eigenvalue weighted by molar-refractivity contribution is 6.17. The molecule has 5 aromatic rings. The van der Waals surface area contributed by atoms with Gasteiger partial charge in [-0.3, -0.25) is 4.79 Å². The van der Waals surface area contributed by atoms with Crippen LogP contribution >= 0.6 is 0 Å². The second-order valence-corrected chi connectivity index (χ2v) is 7.65. The van der Waals surface area contributed by atoms with Gasteiger partial charge in [-0.1, -0.05) is 60.7 Å². The SMILES string of the molecule is NC(=O)c1cccc2c1c1[c]c(F)ccc1n2Cc1ccccc1Cc1ccccc1. The quantitative estimate of drug-likeness (QED) is 0.413. The van der Waals surface area contributed by atoms with Gasteiger partial charge in [0.15, 0.2) is 0 Å². The fourth-order valence-electron chi connectivity index (χ4n) is 4.28. The van der Waals surface area contributed by atoms with E-state index in [1.54, 1.807) is 12.1 Å².